The van der Waals surface area contributed by atoms with Crippen molar-refractivity contribution in [3.8, 4) is 5.75 Å². The van der Waals surface area contributed by atoms with Gasteiger partial charge >= 0.3 is 0 Å². The van der Waals surface area contributed by atoms with Gasteiger partial charge in [-0.15, -0.1) is 0 Å². The zero-order valence-corrected chi connectivity index (χ0v) is 17.7. The minimum Gasteiger partial charge on any atom is -0.545 e. The Balaban J connectivity index is 0.000000569. The second-order valence-electron chi connectivity index (χ2n) is 7.47. The second kappa shape index (κ2) is 15.5. The molecule has 27 heavy (non-hydrogen) atoms. The maximum Gasteiger partial charge on any atom is 0.124 e. The highest BCUT2D eigenvalue weighted by Crippen LogP contribution is 2.13. The number of quaternary nitrogens is 1. The molecule has 156 valence electrons. The highest BCUT2D eigenvalue weighted by atomic mass is 16.7. The van der Waals surface area contributed by atoms with E-state index >= 15 is 0 Å². The van der Waals surface area contributed by atoms with Crippen molar-refractivity contribution in [3.05, 3.63) is 29.8 Å². The van der Waals surface area contributed by atoms with E-state index in [0.717, 1.165) is 6.54 Å². The number of carbonyl (C=O) groups excluding carboxylic acids is 1. The molecule has 0 heterocycles. The van der Waals surface area contributed by atoms with E-state index in [4.69, 9.17) is 9.94 Å². The molecule has 0 fully saturated rings. The van der Waals surface area contributed by atoms with Crippen LogP contribution < -0.4 is 5.11 Å². The SMILES string of the molecule is CCCCCCCCCCCC[N+](C)(C)OC.O=C([O-])c1ccccc1O. The lowest BCUT2D eigenvalue weighted by Crippen LogP contribution is -2.38. The molecule has 0 aliphatic rings. The number of carboxylic acid groups (broad SMARTS) is 1. The van der Waals surface area contributed by atoms with Crippen molar-refractivity contribution in [1.29, 1.82) is 0 Å². The molecule has 1 aromatic carbocycles. The maximum absolute atomic E-state index is 10.2. The summed E-state index contributed by atoms with van der Waals surface area (Å²) in [6, 6.07) is 5.64. The lowest BCUT2D eigenvalue weighted by atomic mass is 10.1. The number of aromatic hydroxyl groups is 1. The molecule has 0 radical (unpaired) electrons. The zero-order chi connectivity index (χ0) is 20.5. The van der Waals surface area contributed by atoms with Crippen molar-refractivity contribution in [2.45, 2.75) is 71.1 Å². The van der Waals surface area contributed by atoms with Gasteiger partial charge < -0.3 is 15.0 Å². The number of benzene rings is 1. The van der Waals surface area contributed by atoms with Crippen LogP contribution in [0, 0.1) is 0 Å². The highest BCUT2D eigenvalue weighted by Gasteiger charge is 2.12. The first-order valence-electron chi connectivity index (χ1n) is 10.2. The van der Waals surface area contributed by atoms with Gasteiger partial charge in [0.2, 0.25) is 0 Å². The minimum absolute atomic E-state index is 0.178. The van der Waals surface area contributed by atoms with Crippen molar-refractivity contribution in [2.24, 2.45) is 0 Å². The molecule has 0 aliphatic carbocycles. The van der Waals surface area contributed by atoms with E-state index in [1.54, 1.807) is 13.2 Å². The van der Waals surface area contributed by atoms with E-state index < -0.39 is 5.97 Å². The van der Waals surface area contributed by atoms with Crippen LogP contribution in [-0.4, -0.2) is 43.5 Å². The summed E-state index contributed by atoms with van der Waals surface area (Å²) in [7, 11) is 6.03. The number of para-hydroxylation sites is 1. The zero-order valence-electron chi connectivity index (χ0n) is 17.7. The fraction of sp³-hybridized carbons (Fsp3) is 0.682. The molecule has 1 N–H and O–H groups in total. The van der Waals surface area contributed by atoms with Gasteiger partial charge in [-0.3, -0.25) is 0 Å². The third-order valence-electron chi connectivity index (χ3n) is 4.67. The largest absolute Gasteiger partial charge is 0.545 e. The molecular formula is C22H39NO4. The molecule has 1 aromatic rings. The van der Waals surface area contributed by atoms with Crippen LogP contribution in [0.4, 0.5) is 0 Å². The predicted molar refractivity (Wildman–Crippen MR) is 108 cm³/mol. The van der Waals surface area contributed by atoms with Gasteiger partial charge in [0.25, 0.3) is 0 Å². The Morgan fingerprint density at radius 1 is 0.963 bits per heavy atom. The topological polar surface area (TPSA) is 69.6 Å². The van der Waals surface area contributed by atoms with Crippen molar-refractivity contribution >= 4 is 5.97 Å². The first kappa shape index (κ1) is 25.4. The first-order valence-corrected chi connectivity index (χ1v) is 10.2. The lowest BCUT2D eigenvalue weighted by Gasteiger charge is -2.24. The summed E-state index contributed by atoms with van der Waals surface area (Å²) < 4.78 is 0.691. The highest BCUT2D eigenvalue weighted by molar-refractivity contribution is 5.88. The summed E-state index contributed by atoms with van der Waals surface area (Å²) in [6.45, 7) is 3.41. The van der Waals surface area contributed by atoms with Gasteiger partial charge in [-0.25, -0.2) is 4.84 Å². The Bertz CT molecular complexity index is 503. The van der Waals surface area contributed by atoms with Crippen LogP contribution in [0.2, 0.25) is 0 Å². The molecule has 0 aliphatic heterocycles. The van der Waals surface area contributed by atoms with Gasteiger partial charge in [0, 0.05) is 5.56 Å². The fourth-order valence-electron chi connectivity index (χ4n) is 2.72. The molecular weight excluding hydrogens is 342 g/mol. The van der Waals surface area contributed by atoms with Crippen LogP contribution in [0.15, 0.2) is 24.3 Å². The van der Waals surface area contributed by atoms with Crippen molar-refractivity contribution in [1.82, 2.24) is 0 Å². The molecule has 5 nitrogen and oxygen atoms in total. The van der Waals surface area contributed by atoms with Gasteiger partial charge in [0.15, 0.2) is 0 Å². The molecule has 0 bridgehead atoms. The van der Waals surface area contributed by atoms with Crippen LogP contribution >= 0.6 is 0 Å². The predicted octanol–water partition coefficient (Wildman–Crippen LogP) is 4.30. The summed E-state index contributed by atoms with van der Waals surface area (Å²) in [6.07, 6.45) is 14.0. The normalized spacial score (nSPS) is 11.0. The number of phenols is 1. The number of rotatable bonds is 13. The number of carboxylic acids is 1. The monoisotopic (exact) mass is 381 g/mol. The molecule has 0 saturated heterocycles. The lowest BCUT2D eigenvalue weighted by molar-refractivity contribution is -1.07. The van der Waals surface area contributed by atoms with E-state index in [-0.39, 0.29) is 11.3 Å². The first-order chi connectivity index (χ1) is 12.8. The molecule has 0 saturated carbocycles. The van der Waals surface area contributed by atoms with Crippen molar-refractivity contribution in [3.63, 3.8) is 0 Å². The Morgan fingerprint density at radius 2 is 1.44 bits per heavy atom. The standard InChI is InChI=1S/C15H34NO.C7H6O3/c1-5-6-7-8-9-10-11-12-13-14-15-16(2,3)17-4;8-6-4-2-1-3-5(6)7(9)10/h5-15H2,1-4H3;1-4,8H,(H,9,10)/q+1;/p-1. The van der Waals surface area contributed by atoms with Crippen LogP contribution in [0.25, 0.3) is 0 Å². The second-order valence-corrected chi connectivity index (χ2v) is 7.47. The summed E-state index contributed by atoms with van der Waals surface area (Å²) in [5.41, 5.74) is -0.178. The van der Waals surface area contributed by atoms with Crippen LogP contribution in [0.1, 0.15) is 81.5 Å². The summed E-state index contributed by atoms with van der Waals surface area (Å²) in [4.78, 5) is 15.5. The van der Waals surface area contributed by atoms with Gasteiger partial charge in [0.1, 0.15) is 12.3 Å². The number of hydroxylamine groups is 3. The number of hydrogen-bond acceptors (Lipinski definition) is 4. The Hall–Kier alpha value is -1.59. The van der Waals surface area contributed by atoms with Crippen LogP contribution in [-0.2, 0) is 4.84 Å². The summed E-state index contributed by atoms with van der Waals surface area (Å²) in [5.74, 6) is -1.62. The van der Waals surface area contributed by atoms with E-state index in [9.17, 15) is 9.90 Å². The number of hydrogen-bond donors (Lipinski definition) is 1. The van der Waals surface area contributed by atoms with Gasteiger partial charge in [-0.05, 0) is 25.0 Å². The number of carbonyl (C=O) groups is 1. The third-order valence-corrected chi connectivity index (χ3v) is 4.67. The fourth-order valence-corrected chi connectivity index (χ4v) is 2.72. The Morgan fingerprint density at radius 3 is 1.85 bits per heavy atom. The average molecular weight is 382 g/mol. The van der Waals surface area contributed by atoms with Crippen LogP contribution in [0.5, 0.6) is 5.75 Å². The molecule has 0 amide bonds. The summed E-state index contributed by atoms with van der Waals surface area (Å²) >= 11 is 0. The van der Waals surface area contributed by atoms with Crippen LogP contribution in [0.3, 0.4) is 0 Å². The maximum atomic E-state index is 10.2. The van der Waals surface area contributed by atoms with E-state index in [0.29, 0.717) is 4.65 Å². The quantitative estimate of drug-likeness (QED) is 0.314. The minimum atomic E-state index is -1.36. The Kier molecular flexibility index (Phi) is 14.6. The Labute approximate surface area is 165 Å². The van der Waals surface area contributed by atoms with E-state index in [1.807, 2.05) is 0 Å². The molecule has 0 atom stereocenters. The van der Waals surface area contributed by atoms with Gasteiger partial charge in [-0.2, -0.15) is 4.65 Å². The van der Waals surface area contributed by atoms with E-state index in [1.165, 1.54) is 82.4 Å². The van der Waals surface area contributed by atoms with Crippen molar-refractivity contribution < 1.29 is 24.5 Å². The van der Waals surface area contributed by atoms with Crippen molar-refractivity contribution in [2.75, 3.05) is 27.7 Å². The summed E-state index contributed by atoms with van der Waals surface area (Å²) in [5, 5.41) is 19.0. The number of aromatic carboxylic acids is 1. The third kappa shape index (κ3) is 14.2. The molecule has 0 spiro atoms. The van der Waals surface area contributed by atoms with E-state index in [2.05, 4.69) is 21.0 Å². The molecule has 1 rings (SSSR count). The number of unbranched alkanes of at least 4 members (excludes halogenated alkanes) is 9. The van der Waals surface area contributed by atoms with Gasteiger partial charge in [0.05, 0.1) is 27.2 Å². The number of nitrogens with zero attached hydrogens (tertiary/aromatic N) is 1. The molecule has 0 unspecified atom stereocenters. The molecule has 0 aromatic heterocycles. The average Bonchev–Trinajstić information content (AvgIpc) is 2.64. The smallest absolute Gasteiger partial charge is 0.124 e. The molecule has 5 heteroatoms. The van der Waals surface area contributed by atoms with Gasteiger partial charge in [-0.1, -0.05) is 70.4 Å².